The Morgan fingerprint density at radius 1 is 1.11 bits per heavy atom. The number of hydrogen-bond donors (Lipinski definition) is 2. The summed E-state index contributed by atoms with van der Waals surface area (Å²) in [5.74, 6) is -1.47. The van der Waals surface area contributed by atoms with E-state index in [4.69, 9.17) is 5.73 Å². The summed E-state index contributed by atoms with van der Waals surface area (Å²) < 4.78 is 26.3. The number of rotatable bonds is 2. The minimum atomic E-state index is -0.585. The quantitative estimate of drug-likeness (QED) is 0.817. The van der Waals surface area contributed by atoms with Gasteiger partial charge < -0.3 is 11.1 Å². The van der Waals surface area contributed by atoms with Crippen molar-refractivity contribution in [3.8, 4) is 0 Å². The van der Waals surface area contributed by atoms with Crippen molar-refractivity contribution in [2.24, 2.45) is 0 Å². The molecule has 19 heavy (non-hydrogen) atoms. The Labute approximate surface area is 109 Å². The standard InChI is InChI=1S/C14H12F2N2O/c1-8-2-4-10(7-12(8)16)18-14(19)9-3-5-11(15)13(17)6-9/h2-7H,17H2,1H3,(H,18,19). The van der Waals surface area contributed by atoms with Gasteiger partial charge in [-0.25, -0.2) is 8.78 Å². The van der Waals surface area contributed by atoms with E-state index in [1.807, 2.05) is 0 Å². The Hall–Kier alpha value is -2.43. The van der Waals surface area contributed by atoms with Crippen molar-refractivity contribution in [1.82, 2.24) is 0 Å². The molecule has 3 N–H and O–H groups in total. The highest BCUT2D eigenvalue weighted by Gasteiger charge is 2.09. The van der Waals surface area contributed by atoms with Crippen LogP contribution in [0.4, 0.5) is 20.2 Å². The fourth-order valence-electron chi connectivity index (χ4n) is 1.56. The van der Waals surface area contributed by atoms with E-state index >= 15 is 0 Å². The lowest BCUT2D eigenvalue weighted by molar-refractivity contribution is 0.102. The number of halogens is 2. The van der Waals surface area contributed by atoms with Crippen LogP contribution >= 0.6 is 0 Å². The highest BCUT2D eigenvalue weighted by Crippen LogP contribution is 2.16. The summed E-state index contributed by atoms with van der Waals surface area (Å²) >= 11 is 0. The van der Waals surface area contributed by atoms with Crippen molar-refractivity contribution in [2.75, 3.05) is 11.1 Å². The monoisotopic (exact) mass is 262 g/mol. The van der Waals surface area contributed by atoms with E-state index < -0.39 is 17.5 Å². The number of nitrogen functional groups attached to an aromatic ring is 1. The van der Waals surface area contributed by atoms with Crippen LogP contribution in [-0.2, 0) is 0 Å². The van der Waals surface area contributed by atoms with Crippen LogP contribution in [0, 0.1) is 18.6 Å². The second-order valence-electron chi connectivity index (χ2n) is 4.15. The van der Waals surface area contributed by atoms with Gasteiger partial charge in [-0.15, -0.1) is 0 Å². The largest absolute Gasteiger partial charge is 0.396 e. The predicted octanol–water partition coefficient (Wildman–Crippen LogP) is 3.11. The van der Waals surface area contributed by atoms with Gasteiger partial charge >= 0.3 is 0 Å². The number of hydrogen-bond acceptors (Lipinski definition) is 2. The lowest BCUT2D eigenvalue weighted by atomic mass is 10.1. The molecular formula is C14H12F2N2O. The minimum Gasteiger partial charge on any atom is -0.396 e. The highest BCUT2D eigenvalue weighted by atomic mass is 19.1. The van der Waals surface area contributed by atoms with Crippen LogP contribution in [0.2, 0.25) is 0 Å². The lowest BCUT2D eigenvalue weighted by Gasteiger charge is -2.07. The van der Waals surface area contributed by atoms with E-state index in [0.717, 1.165) is 6.07 Å². The normalized spacial score (nSPS) is 10.3. The summed E-state index contributed by atoms with van der Waals surface area (Å²) in [4.78, 5) is 11.9. The van der Waals surface area contributed by atoms with E-state index in [-0.39, 0.29) is 11.3 Å². The maximum Gasteiger partial charge on any atom is 0.255 e. The van der Waals surface area contributed by atoms with E-state index in [0.29, 0.717) is 11.3 Å². The van der Waals surface area contributed by atoms with Crippen molar-refractivity contribution in [3.63, 3.8) is 0 Å². The van der Waals surface area contributed by atoms with Crippen molar-refractivity contribution in [1.29, 1.82) is 0 Å². The first kappa shape index (κ1) is 13.0. The Kier molecular flexibility index (Phi) is 3.46. The molecule has 0 bridgehead atoms. The maximum atomic E-state index is 13.3. The van der Waals surface area contributed by atoms with Crippen LogP contribution in [0.15, 0.2) is 36.4 Å². The number of nitrogens with two attached hydrogens (primary N) is 1. The van der Waals surface area contributed by atoms with Gasteiger partial charge in [-0.3, -0.25) is 4.79 Å². The van der Waals surface area contributed by atoms with Gasteiger partial charge in [0, 0.05) is 11.3 Å². The van der Waals surface area contributed by atoms with Crippen molar-refractivity contribution in [3.05, 3.63) is 59.2 Å². The van der Waals surface area contributed by atoms with Gasteiger partial charge in [0.05, 0.1) is 5.69 Å². The van der Waals surface area contributed by atoms with Gasteiger partial charge in [0.2, 0.25) is 0 Å². The first-order valence-corrected chi connectivity index (χ1v) is 5.60. The lowest BCUT2D eigenvalue weighted by Crippen LogP contribution is -2.12. The first-order chi connectivity index (χ1) is 8.97. The molecule has 0 aromatic heterocycles. The second-order valence-corrected chi connectivity index (χ2v) is 4.15. The molecule has 2 rings (SSSR count). The molecule has 1 amide bonds. The summed E-state index contributed by atoms with van der Waals surface area (Å²) in [6.07, 6.45) is 0. The average molecular weight is 262 g/mol. The molecule has 0 radical (unpaired) electrons. The fraction of sp³-hybridized carbons (Fsp3) is 0.0714. The molecule has 0 saturated carbocycles. The Bertz CT molecular complexity index is 641. The summed E-state index contributed by atoms with van der Waals surface area (Å²) in [6.45, 7) is 1.63. The average Bonchev–Trinajstić information content (AvgIpc) is 2.37. The smallest absolute Gasteiger partial charge is 0.255 e. The number of nitrogens with one attached hydrogen (secondary N) is 1. The highest BCUT2D eigenvalue weighted by molar-refractivity contribution is 6.04. The molecule has 0 fully saturated rings. The second kappa shape index (κ2) is 5.06. The molecule has 2 aromatic carbocycles. The van der Waals surface area contributed by atoms with Crippen molar-refractivity contribution < 1.29 is 13.6 Å². The molecular weight excluding hydrogens is 250 g/mol. The molecule has 0 aliphatic carbocycles. The van der Waals surface area contributed by atoms with Crippen LogP contribution in [0.1, 0.15) is 15.9 Å². The minimum absolute atomic E-state index is 0.109. The molecule has 0 saturated heterocycles. The van der Waals surface area contributed by atoms with E-state index in [2.05, 4.69) is 5.32 Å². The molecule has 0 atom stereocenters. The summed E-state index contributed by atoms with van der Waals surface area (Å²) in [7, 11) is 0. The number of anilines is 2. The number of carbonyl (C=O) groups excluding carboxylic acids is 1. The number of amides is 1. The molecule has 98 valence electrons. The third kappa shape index (κ3) is 2.88. The number of benzene rings is 2. The zero-order valence-electron chi connectivity index (χ0n) is 10.2. The topological polar surface area (TPSA) is 55.1 Å². The molecule has 5 heteroatoms. The summed E-state index contributed by atoms with van der Waals surface area (Å²) in [5, 5.41) is 2.52. The van der Waals surface area contributed by atoms with Crippen LogP contribution in [0.25, 0.3) is 0 Å². The van der Waals surface area contributed by atoms with Gasteiger partial charge in [-0.1, -0.05) is 6.07 Å². The van der Waals surface area contributed by atoms with Gasteiger partial charge in [-0.2, -0.15) is 0 Å². The maximum absolute atomic E-state index is 13.3. The Balaban J connectivity index is 2.20. The Morgan fingerprint density at radius 3 is 2.47 bits per heavy atom. The first-order valence-electron chi connectivity index (χ1n) is 5.60. The zero-order chi connectivity index (χ0) is 14.0. The fourth-order valence-corrected chi connectivity index (χ4v) is 1.56. The summed E-state index contributed by atoms with van der Waals surface area (Å²) in [5.41, 5.74) is 6.30. The van der Waals surface area contributed by atoms with Gasteiger partial charge in [0.1, 0.15) is 11.6 Å². The van der Waals surface area contributed by atoms with Crippen molar-refractivity contribution >= 4 is 17.3 Å². The van der Waals surface area contributed by atoms with Crippen LogP contribution in [0.5, 0.6) is 0 Å². The molecule has 0 spiro atoms. The Morgan fingerprint density at radius 2 is 1.84 bits per heavy atom. The molecule has 2 aromatic rings. The molecule has 3 nitrogen and oxygen atoms in total. The van der Waals surface area contributed by atoms with E-state index in [9.17, 15) is 13.6 Å². The van der Waals surface area contributed by atoms with Crippen molar-refractivity contribution in [2.45, 2.75) is 6.92 Å². The van der Waals surface area contributed by atoms with E-state index in [1.165, 1.54) is 18.2 Å². The van der Waals surface area contributed by atoms with Gasteiger partial charge in [0.15, 0.2) is 0 Å². The molecule has 0 unspecified atom stereocenters. The van der Waals surface area contributed by atoms with Crippen LogP contribution in [-0.4, -0.2) is 5.91 Å². The zero-order valence-corrected chi connectivity index (χ0v) is 10.2. The summed E-state index contributed by atoms with van der Waals surface area (Å²) in [6, 6.07) is 8.02. The number of aryl methyl sites for hydroxylation is 1. The van der Waals surface area contributed by atoms with E-state index in [1.54, 1.807) is 19.1 Å². The van der Waals surface area contributed by atoms with Gasteiger partial charge in [-0.05, 0) is 42.8 Å². The SMILES string of the molecule is Cc1ccc(NC(=O)c2ccc(F)c(N)c2)cc1F. The third-order valence-electron chi connectivity index (χ3n) is 2.69. The third-order valence-corrected chi connectivity index (χ3v) is 2.69. The van der Waals surface area contributed by atoms with Crippen LogP contribution < -0.4 is 11.1 Å². The van der Waals surface area contributed by atoms with Gasteiger partial charge in [0.25, 0.3) is 5.91 Å². The molecule has 0 aliphatic rings. The molecule has 0 aliphatic heterocycles. The number of carbonyl (C=O) groups is 1. The predicted molar refractivity (Wildman–Crippen MR) is 69.9 cm³/mol. The molecule has 0 heterocycles. The van der Waals surface area contributed by atoms with Crippen LogP contribution in [0.3, 0.4) is 0 Å².